The molecule has 2 aromatic heterocycles. The standard InChI is InChI=1S/C38H53N3O7/c1-2-26-7-3-4-11-35(47-20-19-42)31(10-5-8-26)32(44)14-12-27-13-15-33(45)36(21-27)48-37(34(46)25-43)23-29(22-30-9-6-17-40-30)28-16-18-41-38(39)24-28/h6,9,13,15-18,21,24,26,29,31-32,34-35,37,40,42-46H,2-4,7,10-12,14,19-20,22-23,25H2,1H3,(H2,39,41)/t26-,29+,31-,32-,34-,35+,37-/m1/s1. The van der Waals surface area contributed by atoms with E-state index in [-0.39, 0.29) is 42.7 Å². The number of H-pyrrole nitrogens is 1. The Bertz CT molecular complexity index is 1420. The highest BCUT2D eigenvalue weighted by Crippen LogP contribution is 2.34. The van der Waals surface area contributed by atoms with Gasteiger partial charge in [0.2, 0.25) is 0 Å². The summed E-state index contributed by atoms with van der Waals surface area (Å²) in [5.41, 5.74) is 8.75. The number of ether oxygens (including phenoxy) is 2. The summed E-state index contributed by atoms with van der Waals surface area (Å²) in [7, 11) is 0. The van der Waals surface area contributed by atoms with Crippen LogP contribution in [0.5, 0.6) is 11.5 Å². The predicted molar refractivity (Wildman–Crippen MR) is 185 cm³/mol. The Morgan fingerprint density at radius 3 is 2.67 bits per heavy atom. The highest BCUT2D eigenvalue weighted by Gasteiger charge is 2.30. The van der Waals surface area contributed by atoms with E-state index in [2.05, 4.69) is 28.7 Å². The van der Waals surface area contributed by atoms with Crippen LogP contribution in [0.1, 0.15) is 81.0 Å². The molecule has 262 valence electrons. The Kier molecular flexibility index (Phi) is 15.1. The number of nitrogens with one attached hydrogen (secondary N) is 1. The van der Waals surface area contributed by atoms with Gasteiger partial charge in [-0.2, -0.15) is 0 Å². The first-order chi connectivity index (χ1) is 23.3. The summed E-state index contributed by atoms with van der Waals surface area (Å²) in [6, 6.07) is 12.6. The maximum absolute atomic E-state index is 11.4. The van der Waals surface area contributed by atoms with Gasteiger partial charge in [0.15, 0.2) is 11.5 Å². The van der Waals surface area contributed by atoms with Crippen LogP contribution in [0, 0.1) is 23.7 Å². The first-order valence-corrected chi connectivity index (χ1v) is 17.3. The second-order valence-electron chi connectivity index (χ2n) is 12.9. The molecule has 0 bridgehead atoms. The van der Waals surface area contributed by atoms with Crippen molar-refractivity contribution in [2.45, 2.75) is 101 Å². The van der Waals surface area contributed by atoms with Gasteiger partial charge in [0.25, 0.3) is 0 Å². The molecule has 4 rings (SSSR count). The Hall–Kier alpha value is -3.59. The molecule has 1 aliphatic rings. The van der Waals surface area contributed by atoms with Crippen molar-refractivity contribution in [3.63, 3.8) is 0 Å². The minimum absolute atomic E-state index is 0.0749. The maximum Gasteiger partial charge on any atom is 0.161 e. The topological polar surface area (TPSA) is 174 Å². The molecule has 10 heteroatoms. The van der Waals surface area contributed by atoms with Gasteiger partial charge in [0.1, 0.15) is 18.0 Å². The number of aromatic nitrogens is 2. The van der Waals surface area contributed by atoms with Crippen LogP contribution in [0.4, 0.5) is 5.82 Å². The van der Waals surface area contributed by atoms with Crippen LogP contribution in [-0.4, -0.2) is 79.7 Å². The monoisotopic (exact) mass is 663 g/mol. The van der Waals surface area contributed by atoms with E-state index in [1.54, 1.807) is 30.5 Å². The van der Waals surface area contributed by atoms with Crippen LogP contribution in [0.25, 0.3) is 0 Å². The number of hydrogen-bond donors (Lipinski definition) is 7. The normalized spacial score (nSPS) is 21.0. The number of aromatic hydroxyl groups is 1. The van der Waals surface area contributed by atoms with Gasteiger partial charge in [-0.25, -0.2) is 4.98 Å². The van der Waals surface area contributed by atoms with E-state index in [9.17, 15) is 25.5 Å². The largest absolute Gasteiger partial charge is 0.504 e. The Morgan fingerprint density at radius 2 is 1.94 bits per heavy atom. The molecule has 8 N–H and O–H groups in total. The molecule has 1 aliphatic carbocycles. The molecule has 0 saturated carbocycles. The summed E-state index contributed by atoms with van der Waals surface area (Å²) in [6.07, 6.45) is 7.86. The number of rotatable bonds is 17. The Morgan fingerprint density at radius 1 is 1.10 bits per heavy atom. The van der Waals surface area contributed by atoms with Gasteiger partial charge in [0, 0.05) is 36.3 Å². The lowest BCUT2D eigenvalue weighted by Crippen LogP contribution is -2.36. The number of hydrogen-bond acceptors (Lipinski definition) is 9. The highest BCUT2D eigenvalue weighted by atomic mass is 16.5. The zero-order chi connectivity index (χ0) is 34.3. The minimum Gasteiger partial charge on any atom is -0.504 e. The van der Waals surface area contributed by atoms with Crippen molar-refractivity contribution >= 4 is 5.82 Å². The number of pyridine rings is 1. The van der Waals surface area contributed by atoms with Gasteiger partial charge in [-0.3, -0.25) is 0 Å². The molecule has 2 heterocycles. The van der Waals surface area contributed by atoms with Crippen LogP contribution in [0.3, 0.4) is 0 Å². The lowest BCUT2D eigenvalue weighted by molar-refractivity contribution is -0.0515. The van der Waals surface area contributed by atoms with Gasteiger partial charge in [-0.15, -0.1) is 5.92 Å². The van der Waals surface area contributed by atoms with Crippen molar-refractivity contribution in [3.05, 3.63) is 71.7 Å². The molecule has 0 unspecified atom stereocenters. The number of nitrogens with zero attached hydrogens (tertiary/aromatic N) is 1. The maximum atomic E-state index is 11.4. The first-order valence-electron chi connectivity index (χ1n) is 17.3. The number of phenols is 1. The molecule has 48 heavy (non-hydrogen) atoms. The number of phenolic OH excluding ortho intramolecular Hbond substituents is 1. The predicted octanol–water partition coefficient (Wildman–Crippen LogP) is 4.50. The van der Waals surface area contributed by atoms with Crippen molar-refractivity contribution < 1.29 is 35.0 Å². The van der Waals surface area contributed by atoms with Crippen molar-refractivity contribution in [1.29, 1.82) is 0 Å². The first kappa shape index (κ1) is 37.2. The zero-order valence-electron chi connectivity index (χ0n) is 28.0. The quantitative estimate of drug-likeness (QED) is 0.103. The van der Waals surface area contributed by atoms with Crippen molar-refractivity contribution in [2.24, 2.45) is 11.8 Å². The lowest BCUT2D eigenvalue weighted by atomic mass is 9.85. The van der Waals surface area contributed by atoms with Gasteiger partial charge < -0.3 is 45.7 Å². The summed E-state index contributed by atoms with van der Waals surface area (Å²) in [4.78, 5) is 7.34. The van der Waals surface area contributed by atoms with Crippen molar-refractivity contribution in [1.82, 2.24) is 9.97 Å². The minimum atomic E-state index is -1.21. The van der Waals surface area contributed by atoms with Crippen LogP contribution < -0.4 is 10.5 Å². The number of aromatic amines is 1. The highest BCUT2D eigenvalue weighted by molar-refractivity contribution is 5.42. The molecular weight excluding hydrogens is 610 g/mol. The van der Waals surface area contributed by atoms with Crippen LogP contribution in [0.2, 0.25) is 0 Å². The van der Waals surface area contributed by atoms with Crippen LogP contribution >= 0.6 is 0 Å². The van der Waals surface area contributed by atoms with E-state index >= 15 is 0 Å². The number of aryl methyl sites for hydroxylation is 1. The third-order valence-corrected chi connectivity index (χ3v) is 9.39. The van der Waals surface area contributed by atoms with E-state index in [0.717, 1.165) is 48.9 Å². The number of benzene rings is 1. The molecule has 10 nitrogen and oxygen atoms in total. The smallest absolute Gasteiger partial charge is 0.161 e. The average molecular weight is 664 g/mol. The number of nitrogens with two attached hydrogens (primary N) is 1. The van der Waals surface area contributed by atoms with Crippen molar-refractivity contribution in [2.75, 3.05) is 25.6 Å². The van der Waals surface area contributed by atoms with E-state index in [1.807, 2.05) is 24.4 Å². The third kappa shape index (κ3) is 11.2. The van der Waals surface area contributed by atoms with Crippen molar-refractivity contribution in [3.8, 4) is 23.3 Å². The van der Waals surface area contributed by atoms with Crippen LogP contribution in [-0.2, 0) is 17.6 Å². The van der Waals surface area contributed by atoms with Gasteiger partial charge in [-0.1, -0.05) is 31.8 Å². The van der Waals surface area contributed by atoms with E-state index < -0.39 is 24.9 Å². The average Bonchev–Trinajstić information content (AvgIpc) is 3.61. The summed E-state index contributed by atoms with van der Waals surface area (Å²) in [5.74, 6) is 7.23. The molecule has 0 spiro atoms. The summed E-state index contributed by atoms with van der Waals surface area (Å²) in [5, 5.41) is 52.4. The second kappa shape index (κ2) is 19.4. The molecule has 7 atom stereocenters. The fourth-order valence-corrected chi connectivity index (χ4v) is 6.57. The summed E-state index contributed by atoms with van der Waals surface area (Å²) in [6.45, 7) is 1.78. The summed E-state index contributed by atoms with van der Waals surface area (Å²) < 4.78 is 12.3. The van der Waals surface area contributed by atoms with Gasteiger partial charge in [0.05, 0.1) is 32.0 Å². The molecule has 3 aromatic rings. The number of aliphatic hydroxyl groups excluding tert-OH is 4. The number of anilines is 1. The fraction of sp³-hybridized carbons (Fsp3) is 0.553. The molecule has 0 amide bonds. The zero-order valence-corrected chi connectivity index (χ0v) is 28.0. The molecule has 0 fully saturated rings. The van der Waals surface area contributed by atoms with E-state index in [1.165, 1.54) is 0 Å². The fourth-order valence-electron chi connectivity index (χ4n) is 6.57. The molecule has 1 aromatic carbocycles. The molecule has 0 saturated heterocycles. The number of nitrogen functional groups attached to an aromatic ring is 1. The molecular formula is C38H53N3O7. The van der Waals surface area contributed by atoms with Gasteiger partial charge >= 0.3 is 0 Å². The Labute approximate surface area is 284 Å². The number of aliphatic hydroxyl groups is 4. The molecule has 0 aliphatic heterocycles. The summed E-state index contributed by atoms with van der Waals surface area (Å²) >= 11 is 0. The van der Waals surface area contributed by atoms with Gasteiger partial charge in [-0.05, 0) is 98.4 Å². The second-order valence-corrected chi connectivity index (χ2v) is 12.9. The lowest BCUT2D eigenvalue weighted by Gasteiger charge is -2.31. The van der Waals surface area contributed by atoms with E-state index in [4.69, 9.17) is 15.2 Å². The van der Waals surface area contributed by atoms with Crippen LogP contribution in [0.15, 0.2) is 54.9 Å². The van der Waals surface area contributed by atoms with E-state index in [0.29, 0.717) is 43.8 Å². The molecule has 0 radical (unpaired) electrons. The Balaban J connectivity index is 1.49. The third-order valence-electron chi connectivity index (χ3n) is 9.39. The SMILES string of the molecule is CC[C@H]1C#CC[C@H]([C@H](O)CCc2ccc(O)c(O[C@H](C[C@H](Cc3ccc[nH]3)c3ccnc(N)c3)[C@H](O)CO)c2)[C@@H](OCCO)CCCC1.